The van der Waals surface area contributed by atoms with E-state index < -0.39 is 0 Å². The van der Waals surface area contributed by atoms with Crippen LogP contribution in [-0.2, 0) is 0 Å². The van der Waals surface area contributed by atoms with Gasteiger partial charge >= 0.3 is 0 Å². The topological polar surface area (TPSA) is 6.48 Å². The zero-order valence-corrected chi connectivity index (χ0v) is 21.1. The standard InChI is InChI=1S/C28H32N2S2/c1-5-29-22-11-7-9-13-24(22)31-26(29)16-20-15-21(19-28(3,4)18-20)17-27-30(6-2)23-12-8-10-14-25(23)32-27/h7-17,26H,5-6,18-19H2,1-4H3/b20-16+,27-17-. The summed E-state index contributed by atoms with van der Waals surface area (Å²) >= 11 is 3.89. The van der Waals surface area contributed by atoms with Crippen molar-refractivity contribution < 1.29 is 0 Å². The second kappa shape index (κ2) is 8.72. The van der Waals surface area contributed by atoms with Gasteiger partial charge in [-0.3, -0.25) is 0 Å². The lowest BCUT2D eigenvalue weighted by Crippen LogP contribution is -2.28. The molecule has 1 aliphatic carbocycles. The van der Waals surface area contributed by atoms with E-state index in [0.29, 0.717) is 5.37 Å². The average Bonchev–Trinajstić information content (AvgIpc) is 3.28. The average molecular weight is 461 g/mol. The molecule has 166 valence electrons. The summed E-state index contributed by atoms with van der Waals surface area (Å²) in [5.74, 6) is 0. The second-order valence-corrected chi connectivity index (χ2v) is 11.8. The Morgan fingerprint density at radius 1 is 0.938 bits per heavy atom. The van der Waals surface area contributed by atoms with Crippen LogP contribution in [0.5, 0.6) is 0 Å². The third-order valence-electron chi connectivity index (χ3n) is 6.42. The van der Waals surface area contributed by atoms with E-state index in [-0.39, 0.29) is 5.41 Å². The van der Waals surface area contributed by atoms with Crippen LogP contribution in [0.1, 0.15) is 40.5 Å². The molecule has 0 saturated heterocycles. The Morgan fingerprint density at radius 3 is 2.41 bits per heavy atom. The van der Waals surface area contributed by atoms with Crippen LogP contribution >= 0.6 is 23.5 Å². The van der Waals surface area contributed by atoms with Gasteiger partial charge in [0.2, 0.25) is 0 Å². The third-order valence-corrected chi connectivity index (χ3v) is 8.77. The third kappa shape index (κ3) is 4.15. The number of hydrogen-bond acceptors (Lipinski definition) is 4. The quantitative estimate of drug-likeness (QED) is 0.454. The van der Waals surface area contributed by atoms with Gasteiger partial charge in [0, 0.05) is 22.9 Å². The maximum Gasteiger partial charge on any atom is 0.0988 e. The van der Waals surface area contributed by atoms with Crippen LogP contribution < -0.4 is 9.80 Å². The van der Waals surface area contributed by atoms with Gasteiger partial charge in [0.25, 0.3) is 0 Å². The number of hydrogen-bond donors (Lipinski definition) is 0. The summed E-state index contributed by atoms with van der Waals surface area (Å²) in [4.78, 5) is 7.75. The van der Waals surface area contributed by atoms with Crippen LogP contribution in [0.3, 0.4) is 0 Å². The van der Waals surface area contributed by atoms with E-state index in [1.54, 1.807) is 0 Å². The van der Waals surface area contributed by atoms with Gasteiger partial charge in [-0.15, -0.1) is 0 Å². The van der Waals surface area contributed by atoms with Crippen LogP contribution in [0.2, 0.25) is 0 Å². The number of benzene rings is 2. The lowest BCUT2D eigenvalue weighted by atomic mass is 9.75. The van der Waals surface area contributed by atoms with Crippen molar-refractivity contribution in [2.75, 3.05) is 22.9 Å². The number of allylic oxidation sites excluding steroid dienone is 4. The molecule has 2 heterocycles. The number of rotatable bonds is 4. The van der Waals surface area contributed by atoms with E-state index in [4.69, 9.17) is 0 Å². The van der Waals surface area contributed by atoms with Crippen LogP contribution in [0.15, 0.2) is 92.7 Å². The van der Waals surface area contributed by atoms with Crippen molar-refractivity contribution in [2.45, 2.75) is 55.7 Å². The number of thioether (sulfide) groups is 2. The monoisotopic (exact) mass is 460 g/mol. The molecule has 0 radical (unpaired) electrons. The number of nitrogens with zero attached hydrogens (tertiary/aromatic N) is 2. The molecule has 0 spiro atoms. The fourth-order valence-electron chi connectivity index (χ4n) is 5.13. The van der Waals surface area contributed by atoms with Crippen molar-refractivity contribution in [3.63, 3.8) is 0 Å². The van der Waals surface area contributed by atoms with E-state index in [1.165, 1.54) is 37.3 Å². The van der Waals surface area contributed by atoms with Gasteiger partial charge in [-0.1, -0.05) is 67.7 Å². The van der Waals surface area contributed by atoms with E-state index in [9.17, 15) is 0 Å². The highest BCUT2D eigenvalue weighted by Gasteiger charge is 2.31. The largest absolute Gasteiger partial charge is 0.355 e. The first-order chi connectivity index (χ1) is 15.5. The maximum absolute atomic E-state index is 2.53. The first-order valence-electron chi connectivity index (χ1n) is 11.7. The smallest absolute Gasteiger partial charge is 0.0988 e. The van der Waals surface area contributed by atoms with Gasteiger partial charge in [0.1, 0.15) is 0 Å². The minimum absolute atomic E-state index is 0.271. The SMILES string of the molecule is CCN1/C(=C/C2=CC(=C\C3Sc4ccccc4N3CC)/CC(C)(C)C2)Sc2ccccc21. The van der Waals surface area contributed by atoms with Crippen LogP contribution in [0.25, 0.3) is 0 Å². The van der Waals surface area contributed by atoms with Crippen molar-refractivity contribution >= 4 is 34.9 Å². The molecule has 2 aromatic rings. The molecular formula is C28H32N2S2. The Morgan fingerprint density at radius 2 is 1.66 bits per heavy atom. The molecule has 2 nitrogen and oxygen atoms in total. The van der Waals surface area contributed by atoms with Crippen molar-refractivity contribution in [2.24, 2.45) is 5.41 Å². The Balaban J connectivity index is 1.46. The number of fused-ring (bicyclic) bond motifs is 2. The highest BCUT2D eigenvalue weighted by atomic mass is 32.2. The number of anilines is 2. The minimum atomic E-state index is 0.271. The van der Waals surface area contributed by atoms with Crippen molar-refractivity contribution in [1.29, 1.82) is 0 Å². The summed E-state index contributed by atoms with van der Waals surface area (Å²) in [7, 11) is 0. The Hall–Kier alpha value is -2.04. The van der Waals surface area contributed by atoms with Gasteiger partial charge in [-0.2, -0.15) is 0 Å². The zero-order valence-electron chi connectivity index (χ0n) is 19.5. The van der Waals surface area contributed by atoms with E-state index in [0.717, 1.165) is 25.9 Å². The molecule has 0 bridgehead atoms. The van der Waals surface area contributed by atoms with Crippen molar-refractivity contribution in [3.05, 3.63) is 82.9 Å². The van der Waals surface area contributed by atoms with E-state index in [2.05, 4.69) is 104 Å². The zero-order chi connectivity index (χ0) is 22.3. The molecule has 2 aromatic carbocycles. The van der Waals surface area contributed by atoms with Crippen molar-refractivity contribution in [1.82, 2.24) is 0 Å². The molecule has 5 rings (SSSR count). The lowest BCUT2D eigenvalue weighted by Gasteiger charge is -2.32. The number of likely N-dealkylation sites (N-methyl/N-ethyl adjacent to an activating group) is 1. The molecule has 2 aliphatic heterocycles. The molecule has 3 aliphatic rings. The summed E-state index contributed by atoms with van der Waals surface area (Å²) < 4.78 is 0. The molecule has 0 saturated carbocycles. The lowest BCUT2D eigenvalue weighted by molar-refractivity contribution is 0.354. The fraction of sp³-hybridized carbons (Fsp3) is 0.357. The first-order valence-corrected chi connectivity index (χ1v) is 13.4. The molecule has 0 amide bonds. The summed E-state index contributed by atoms with van der Waals surface area (Å²) in [5.41, 5.74) is 5.91. The predicted octanol–water partition coefficient (Wildman–Crippen LogP) is 8.09. The van der Waals surface area contributed by atoms with Crippen LogP contribution in [0.4, 0.5) is 11.4 Å². The summed E-state index contributed by atoms with van der Waals surface area (Å²) in [6.45, 7) is 11.4. The normalized spacial score (nSPS) is 24.1. The predicted molar refractivity (Wildman–Crippen MR) is 142 cm³/mol. The minimum Gasteiger partial charge on any atom is -0.355 e. The van der Waals surface area contributed by atoms with Gasteiger partial charge in [-0.25, -0.2) is 0 Å². The molecule has 1 unspecified atom stereocenters. The van der Waals surface area contributed by atoms with Gasteiger partial charge < -0.3 is 9.80 Å². The van der Waals surface area contributed by atoms with Crippen molar-refractivity contribution in [3.8, 4) is 0 Å². The second-order valence-electron chi connectivity index (χ2n) is 9.54. The molecule has 0 aromatic heterocycles. The first kappa shape index (κ1) is 21.8. The molecule has 0 N–H and O–H groups in total. The van der Waals surface area contributed by atoms with E-state index in [1.807, 2.05) is 23.5 Å². The Bertz CT molecular complexity index is 1110. The van der Waals surface area contributed by atoms with Crippen LogP contribution in [0, 0.1) is 5.41 Å². The summed E-state index contributed by atoms with van der Waals surface area (Å²) in [6, 6.07) is 17.6. The van der Waals surface area contributed by atoms with E-state index >= 15 is 0 Å². The fourth-order valence-corrected chi connectivity index (χ4v) is 7.69. The molecule has 32 heavy (non-hydrogen) atoms. The van der Waals surface area contributed by atoms with Gasteiger partial charge in [0.05, 0.1) is 21.8 Å². The highest BCUT2D eigenvalue weighted by molar-refractivity contribution is 8.03. The maximum atomic E-state index is 2.53. The Kier molecular flexibility index (Phi) is 5.94. The molecular weight excluding hydrogens is 428 g/mol. The Labute approximate surface area is 201 Å². The van der Waals surface area contributed by atoms with Gasteiger partial charge in [-0.05, 0) is 79.7 Å². The molecule has 0 fully saturated rings. The molecule has 1 atom stereocenters. The summed E-state index contributed by atoms with van der Waals surface area (Å²) in [5, 5.41) is 1.73. The molecule has 4 heteroatoms. The summed E-state index contributed by atoms with van der Waals surface area (Å²) in [6.07, 6.45) is 9.68. The highest BCUT2D eigenvalue weighted by Crippen LogP contribution is 2.48. The number of para-hydroxylation sites is 2. The van der Waals surface area contributed by atoms with Crippen LogP contribution in [-0.4, -0.2) is 18.5 Å². The van der Waals surface area contributed by atoms with Gasteiger partial charge in [0.15, 0.2) is 0 Å².